The van der Waals surface area contributed by atoms with Crippen molar-refractivity contribution in [3.8, 4) is 0 Å². The average molecular weight is 753 g/mol. The largest absolute Gasteiger partial charge is 0.457 e. The van der Waals surface area contributed by atoms with Crippen LogP contribution in [0.15, 0.2) is 0 Å². The van der Waals surface area contributed by atoms with Crippen molar-refractivity contribution in [1.29, 1.82) is 0 Å². The fourth-order valence-electron chi connectivity index (χ4n) is 13.3. The van der Waals surface area contributed by atoms with Crippen LogP contribution in [-0.2, 0) is 38.0 Å². The Bertz CT molecular complexity index is 1340. The maximum absolute atomic E-state index is 12.1. The van der Waals surface area contributed by atoms with Gasteiger partial charge in [0.2, 0.25) is 0 Å². The lowest BCUT2D eigenvalue weighted by Crippen LogP contribution is -2.64. The highest BCUT2D eigenvalue weighted by molar-refractivity contribution is 5.66. The molecule has 4 heterocycles. The molecule has 5 N–H and O–H groups in total. The summed E-state index contributed by atoms with van der Waals surface area (Å²) in [4.78, 5) is 12.1. The van der Waals surface area contributed by atoms with E-state index in [1.165, 1.54) is 13.8 Å². The summed E-state index contributed by atoms with van der Waals surface area (Å²) in [6.07, 6.45) is -3.99. The van der Waals surface area contributed by atoms with Crippen LogP contribution in [0.1, 0.15) is 99.3 Å². The molecule has 0 aromatic heterocycles. The van der Waals surface area contributed by atoms with Gasteiger partial charge in [0.05, 0.1) is 37.6 Å². The number of esters is 1. The summed E-state index contributed by atoms with van der Waals surface area (Å²) in [5, 5.41) is 54.4. The van der Waals surface area contributed by atoms with E-state index in [0.717, 1.165) is 51.6 Å². The zero-order valence-electron chi connectivity index (χ0n) is 32.2. The Labute approximate surface area is 313 Å². The third kappa shape index (κ3) is 6.26. The highest BCUT2D eigenvalue weighted by atomic mass is 16.7. The van der Waals surface area contributed by atoms with E-state index in [4.69, 9.17) is 33.2 Å². The Morgan fingerprint density at radius 1 is 0.792 bits per heavy atom. The number of hydrogen-bond donors (Lipinski definition) is 5. The van der Waals surface area contributed by atoms with Gasteiger partial charge in [0.1, 0.15) is 30.5 Å². The van der Waals surface area contributed by atoms with E-state index in [1.54, 1.807) is 0 Å². The maximum Gasteiger partial charge on any atom is 0.303 e. The minimum absolute atomic E-state index is 0.150. The molecule has 53 heavy (non-hydrogen) atoms. The average Bonchev–Trinajstić information content (AvgIpc) is 3.56. The fraction of sp³-hybridized carbons (Fsp3) is 0.975. The van der Waals surface area contributed by atoms with Crippen LogP contribution in [0.25, 0.3) is 0 Å². The predicted octanol–water partition coefficient (Wildman–Crippen LogP) is 2.65. The van der Waals surface area contributed by atoms with Crippen molar-refractivity contribution >= 4 is 5.97 Å². The van der Waals surface area contributed by atoms with Gasteiger partial charge < -0.3 is 58.7 Å². The highest BCUT2D eigenvalue weighted by Crippen LogP contribution is 2.71. The fourth-order valence-corrected chi connectivity index (χ4v) is 13.3. The molecule has 4 saturated heterocycles. The first kappa shape index (κ1) is 38.9. The van der Waals surface area contributed by atoms with E-state index in [-0.39, 0.29) is 29.5 Å². The summed E-state index contributed by atoms with van der Waals surface area (Å²) in [6, 6.07) is 0. The van der Waals surface area contributed by atoms with Gasteiger partial charge in [-0.15, -0.1) is 0 Å². The number of ether oxygens (including phenoxy) is 7. The van der Waals surface area contributed by atoms with E-state index >= 15 is 0 Å². The number of aliphatic hydroxyl groups excluding tert-OH is 5. The maximum atomic E-state index is 12.1. The van der Waals surface area contributed by atoms with Crippen molar-refractivity contribution in [3.63, 3.8) is 0 Å². The number of aliphatic hydroxyl groups is 5. The van der Waals surface area contributed by atoms with E-state index < -0.39 is 79.3 Å². The monoisotopic (exact) mass is 752 g/mol. The Kier molecular flexibility index (Phi) is 10.4. The van der Waals surface area contributed by atoms with Gasteiger partial charge in [0.15, 0.2) is 24.5 Å². The first-order valence-corrected chi connectivity index (χ1v) is 20.5. The van der Waals surface area contributed by atoms with Gasteiger partial charge in [-0.1, -0.05) is 27.7 Å². The molecule has 0 amide bonds. The van der Waals surface area contributed by atoms with Crippen LogP contribution in [0, 0.1) is 52.3 Å². The highest BCUT2D eigenvalue weighted by Gasteiger charge is 2.70. The van der Waals surface area contributed by atoms with Crippen LogP contribution in [0.2, 0.25) is 0 Å². The lowest BCUT2D eigenvalue weighted by molar-refractivity contribution is -0.356. The van der Waals surface area contributed by atoms with Crippen LogP contribution in [0.5, 0.6) is 0 Å². The molecule has 0 aromatic carbocycles. The summed E-state index contributed by atoms with van der Waals surface area (Å²) in [5.74, 6) is 1.89. The number of fused-ring (bicyclic) bond motifs is 7. The summed E-state index contributed by atoms with van der Waals surface area (Å²) < 4.78 is 43.7. The summed E-state index contributed by atoms with van der Waals surface area (Å²) in [7, 11) is 0. The van der Waals surface area contributed by atoms with Gasteiger partial charge in [-0.25, -0.2) is 0 Å². The second-order valence-electron chi connectivity index (χ2n) is 18.9. The number of carbonyl (C=O) groups excluding carboxylic acids is 1. The molecular formula is C40H64O13. The molecule has 0 aromatic rings. The Morgan fingerprint density at radius 2 is 1.57 bits per heavy atom. The zero-order valence-corrected chi connectivity index (χ0v) is 32.2. The third-order valence-electron chi connectivity index (χ3n) is 16.1. The summed E-state index contributed by atoms with van der Waals surface area (Å²) in [6.45, 7) is 12.9. The molecule has 8 aliphatic rings. The predicted molar refractivity (Wildman–Crippen MR) is 187 cm³/mol. The topological polar surface area (TPSA) is 183 Å². The van der Waals surface area contributed by atoms with Crippen molar-refractivity contribution in [2.45, 2.75) is 179 Å². The first-order chi connectivity index (χ1) is 25.1. The molecule has 4 aliphatic heterocycles. The van der Waals surface area contributed by atoms with Gasteiger partial charge in [-0.05, 0) is 98.2 Å². The van der Waals surface area contributed by atoms with Gasteiger partial charge in [-0.3, -0.25) is 4.79 Å². The van der Waals surface area contributed by atoms with Crippen molar-refractivity contribution in [3.05, 3.63) is 0 Å². The Hall–Kier alpha value is -0.970. The van der Waals surface area contributed by atoms with E-state index in [1.807, 2.05) is 0 Å². The normalized spacial score (nSPS) is 58.0. The molecule has 1 spiro atoms. The molecule has 13 heteroatoms. The molecule has 0 bridgehead atoms. The second-order valence-corrected chi connectivity index (χ2v) is 18.9. The molecule has 0 unspecified atom stereocenters. The second kappa shape index (κ2) is 14.1. The molecule has 22 atom stereocenters. The Balaban J connectivity index is 1.01. The van der Waals surface area contributed by atoms with Gasteiger partial charge >= 0.3 is 5.97 Å². The third-order valence-corrected chi connectivity index (χ3v) is 16.1. The smallest absolute Gasteiger partial charge is 0.303 e. The summed E-state index contributed by atoms with van der Waals surface area (Å²) >= 11 is 0. The van der Waals surface area contributed by atoms with Crippen LogP contribution in [0.3, 0.4) is 0 Å². The first-order valence-electron chi connectivity index (χ1n) is 20.5. The quantitative estimate of drug-likeness (QED) is 0.259. The van der Waals surface area contributed by atoms with E-state index in [2.05, 4.69) is 27.7 Å². The molecule has 0 radical (unpaired) electrons. The Morgan fingerprint density at radius 3 is 2.28 bits per heavy atom. The van der Waals surface area contributed by atoms with E-state index in [0.29, 0.717) is 48.3 Å². The van der Waals surface area contributed by atoms with E-state index in [9.17, 15) is 30.3 Å². The SMILES string of the molecule is CC(=O)O[C@H]1CO[C@H](O[C@@H]2C[C@@H](O)C[C@H]3CC[C@H]4[C@@H]5C[C@@H]6O[C@]7(CC[C@H](C)CO7)[C@@H](C)[C@@H]6[C@]5(C)CC[C@@H]4[C@]32C)[C@@H](O)[C@@H]1O[C@H]1O[C@@H](C)[C@H](O)[C@@H](O)[C@@H]1O. The lowest BCUT2D eigenvalue weighted by Gasteiger charge is -2.63. The summed E-state index contributed by atoms with van der Waals surface area (Å²) in [5.41, 5.74) is -0.136. The molecule has 302 valence electrons. The van der Waals surface area contributed by atoms with Crippen molar-refractivity contribution in [1.82, 2.24) is 0 Å². The van der Waals surface area contributed by atoms with Crippen LogP contribution < -0.4 is 0 Å². The van der Waals surface area contributed by atoms with Crippen molar-refractivity contribution in [2.75, 3.05) is 13.2 Å². The standard InChI is InChI=1S/C40H64O13/c1-18-9-12-40(48-16-18)19(2)30-27(53-40)15-26-24-8-7-22-13-23(42)14-29(39(22,6)25(24)10-11-38(26,30)5)51-36-34(46)35(28(17-47-36)50-21(4)41)52-37-33(45)32(44)31(43)20(3)49-37/h18-20,22-37,42-46H,7-17H2,1-6H3/t18-,19-,20-,22+,23-,24+,25-,26-,27-,28-,29+,30-,31-,32+,33-,34-,35+,36+,37+,38+,39-,40+/m0/s1. The van der Waals surface area contributed by atoms with Crippen LogP contribution in [-0.4, -0.2) is 124 Å². The number of carbonyl (C=O) groups is 1. The molecule has 13 nitrogen and oxygen atoms in total. The minimum Gasteiger partial charge on any atom is -0.457 e. The van der Waals surface area contributed by atoms with Crippen LogP contribution >= 0.6 is 0 Å². The van der Waals surface area contributed by atoms with Gasteiger partial charge in [0.25, 0.3) is 0 Å². The van der Waals surface area contributed by atoms with Gasteiger partial charge in [0, 0.05) is 25.7 Å². The molecular weight excluding hydrogens is 688 g/mol. The lowest BCUT2D eigenvalue weighted by atomic mass is 9.43. The number of rotatable bonds is 5. The molecule has 4 aliphatic carbocycles. The van der Waals surface area contributed by atoms with Crippen molar-refractivity contribution in [2.24, 2.45) is 52.3 Å². The molecule has 8 fully saturated rings. The molecule has 8 rings (SSSR count). The minimum atomic E-state index is -1.62. The van der Waals surface area contributed by atoms with Crippen LogP contribution in [0.4, 0.5) is 0 Å². The zero-order chi connectivity index (χ0) is 37.8. The number of hydrogen-bond acceptors (Lipinski definition) is 13. The van der Waals surface area contributed by atoms with Crippen molar-refractivity contribution < 1.29 is 63.5 Å². The van der Waals surface area contributed by atoms with Gasteiger partial charge in [-0.2, -0.15) is 0 Å². The molecule has 4 saturated carbocycles.